The lowest BCUT2D eigenvalue weighted by atomic mass is 10.1. The van der Waals surface area contributed by atoms with E-state index in [0.717, 1.165) is 32.7 Å². The molecular formula is C11H25NO2. The van der Waals surface area contributed by atoms with Gasteiger partial charge in [-0.15, -0.1) is 0 Å². The number of ether oxygens (including phenoxy) is 1. The molecule has 1 unspecified atom stereocenters. The Morgan fingerprint density at radius 1 is 1.29 bits per heavy atom. The number of hydrogen-bond acceptors (Lipinski definition) is 3. The number of hydrogen-bond donors (Lipinski definition) is 2. The van der Waals surface area contributed by atoms with Crippen molar-refractivity contribution in [2.45, 2.75) is 27.2 Å². The van der Waals surface area contributed by atoms with Crippen molar-refractivity contribution in [2.75, 3.05) is 32.9 Å². The highest BCUT2D eigenvalue weighted by molar-refractivity contribution is 4.56. The molecule has 0 aliphatic carbocycles. The third-order valence-electron chi connectivity index (χ3n) is 1.99. The third kappa shape index (κ3) is 9.96. The van der Waals surface area contributed by atoms with Gasteiger partial charge in [0, 0.05) is 19.8 Å². The van der Waals surface area contributed by atoms with E-state index < -0.39 is 0 Å². The fourth-order valence-electron chi connectivity index (χ4n) is 1.13. The molecule has 0 rings (SSSR count). The Kier molecular flexibility index (Phi) is 9.35. The number of nitrogens with one attached hydrogen (secondary N) is 1. The summed E-state index contributed by atoms with van der Waals surface area (Å²) in [4.78, 5) is 0. The summed E-state index contributed by atoms with van der Waals surface area (Å²) in [6.07, 6.45) is 0.875. The highest BCUT2D eigenvalue weighted by Gasteiger charge is 1.99. The third-order valence-corrected chi connectivity index (χ3v) is 1.99. The van der Waals surface area contributed by atoms with Gasteiger partial charge in [0.1, 0.15) is 0 Å². The maximum Gasteiger partial charge on any atom is 0.0591 e. The lowest BCUT2D eigenvalue weighted by Crippen LogP contribution is -2.26. The monoisotopic (exact) mass is 203 g/mol. The van der Waals surface area contributed by atoms with E-state index in [-0.39, 0.29) is 6.61 Å². The molecule has 3 heteroatoms. The fourth-order valence-corrected chi connectivity index (χ4v) is 1.13. The summed E-state index contributed by atoms with van der Waals surface area (Å²) in [5.41, 5.74) is 0. The summed E-state index contributed by atoms with van der Waals surface area (Å²) in [5.74, 6) is 1.16. The number of aliphatic hydroxyl groups excluding tert-OH is 1. The molecule has 0 aromatic rings. The summed E-state index contributed by atoms with van der Waals surface area (Å²) in [6, 6.07) is 0. The van der Waals surface area contributed by atoms with Crippen LogP contribution in [-0.2, 0) is 4.74 Å². The summed E-state index contributed by atoms with van der Waals surface area (Å²) < 4.78 is 5.42. The molecule has 0 saturated carbocycles. The molecule has 0 aromatic heterocycles. The van der Waals surface area contributed by atoms with Gasteiger partial charge in [-0.3, -0.25) is 0 Å². The van der Waals surface area contributed by atoms with Gasteiger partial charge < -0.3 is 15.2 Å². The second kappa shape index (κ2) is 9.44. The Hall–Kier alpha value is -0.120. The molecule has 3 nitrogen and oxygen atoms in total. The summed E-state index contributed by atoms with van der Waals surface area (Å²) in [5, 5.41) is 12.0. The first-order chi connectivity index (χ1) is 6.66. The fraction of sp³-hybridized carbons (Fsp3) is 1.00. The zero-order valence-corrected chi connectivity index (χ0v) is 9.75. The molecule has 0 saturated heterocycles. The van der Waals surface area contributed by atoms with Crippen molar-refractivity contribution < 1.29 is 9.84 Å². The zero-order valence-electron chi connectivity index (χ0n) is 9.75. The SMILES string of the molecule is CC(C)COCCNCC(C)CCO. The van der Waals surface area contributed by atoms with Crippen LogP contribution in [0.25, 0.3) is 0 Å². The van der Waals surface area contributed by atoms with Gasteiger partial charge in [0.2, 0.25) is 0 Å². The van der Waals surface area contributed by atoms with Crippen molar-refractivity contribution in [1.82, 2.24) is 5.32 Å². The molecule has 86 valence electrons. The maximum atomic E-state index is 8.69. The van der Waals surface area contributed by atoms with Crippen LogP contribution in [0.3, 0.4) is 0 Å². The van der Waals surface area contributed by atoms with E-state index in [9.17, 15) is 0 Å². The van der Waals surface area contributed by atoms with E-state index >= 15 is 0 Å². The quantitative estimate of drug-likeness (QED) is 0.554. The first kappa shape index (κ1) is 13.9. The minimum absolute atomic E-state index is 0.284. The van der Waals surface area contributed by atoms with Crippen molar-refractivity contribution in [3.05, 3.63) is 0 Å². The normalized spacial score (nSPS) is 13.5. The molecule has 0 aliphatic rings. The standard InChI is InChI=1S/C11H25NO2/c1-10(2)9-14-7-5-12-8-11(3)4-6-13/h10-13H,4-9H2,1-3H3. The van der Waals surface area contributed by atoms with Gasteiger partial charge in [0.25, 0.3) is 0 Å². The van der Waals surface area contributed by atoms with Crippen molar-refractivity contribution in [3.8, 4) is 0 Å². The van der Waals surface area contributed by atoms with Crippen LogP contribution in [0.5, 0.6) is 0 Å². The van der Waals surface area contributed by atoms with E-state index in [1.807, 2.05) is 0 Å². The molecule has 0 amide bonds. The van der Waals surface area contributed by atoms with Crippen LogP contribution in [0.4, 0.5) is 0 Å². The molecule has 0 radical (unpaired) electrons. The molecule has 1 atom stereocenters. The Bertz CT molecular complexity index is 118. The largest absolute Gasteiger partial charge is 0.396 e. The number of rotatable bonds is 9. The molecule has 0 heterocycles. The van der Waals surface area contributed by atoms with E-state index in [2.05, 4.69) is 26.1 Å². The zero-order chi connectivity index (χ0) is 10.8. The van der Waals surface area contributed by atoms with E-state index in [4.69, 9.17) is 9.84 Å². The molecule has 0 spiro atoms. The second-order valence-corrected chi connectivity index (χ2v) is 4.29. The van der Waals surface area contributed by atoms with Crippen LogP contribution >= 0.6 is 0 Å². The van der Waals surface area contributed by atoms with Crippen LogP contribution in [0, 0.1) is 11.8 Å². The van der Waals surface area contributed by atoms with Crippen LogP contribution < -0.4 is 5.32 Å². The van der Waals surface area contributed by atoms with Gasteiger partial charge in [-0.2, -0.15) is 0 Å². The molecule has 0 bridgehead atoms. The van der Waals surface area contributed by atoms with Crippen molar-refractivity contribution in [2.24, 2.45) is 11.8 Å². The minimum Gasteiger partial charge on any atom is -0.396 e. The first-order valence-corrected chi connectivity index (χ1v) is 5.56. The van der Waals surface area contributed by atoms with Crippen molar-refractivity contribution in [1.29, 1.82) is 0 Å². The lowest BCUT2D eigenvalue weighted by Gasteiger charge is -2.11. The Balaban J connectivity index is 3.05. The lowest BCUT2D eigenvalue weighted by molar-refractivity contribution is 0.111. The average molecular weight is 203 g/mol. The van der Waals surface area contributed by atoms with Crippen LogP contribution in [0.15, 0.2) is 0 Å². The van der Waals surface area contributed by atoms with Gasteiger partial charge in [-0.1, -0.05) is 20.8 Å². The van der Waals surface area contributed by atoms with Crippen molar-refractivity contribution >= 4 is 0 Å². The van der Waals surface area contributed by atoms with Gasteiger partial charge in [-0.25, -0.2) is 0 Å². The first-order valence-electron chi connectivity index (χ1n) is 5.56. The van der Waals surface area contributed by atoms with Gasteiger partial charge in [0.05, 0.1) is 6.61 Å². The Morgan fingerprint density at radius 3 is 2.57 bits per heavy atom. The average Bonchev–Trinajstić information content (AvgIpc) is 2.11. The van der Waals surface area contributed by atoms with E-state index in [1.165, 1.54) is 0 Å². The van der Waals surface area contributed by atoms with E-state index in [1.54, 1.807) is 0 Å². The molecule has 0 aliphatic heterocycles. The smallest absolute Gasteiger partial charge is 0.0591 e. The highest BCUT2D eigenvalue weighted by Crippen LogP contribution is 1.97. The highest BCUT2D eigenvalue weighted by atomic mass is 16.5. The minimum atomic E-state index is 0.284. The summed E-state index contributed by atoms with van der Waals surface area (Å²) >= 11 is 0. The van der Waals surface area contributed by atoms with Gasteiger partial charge in [0.15, 0.2) is 0 Å². The number of aliphatic hydroxyl groups is 1. The topological polar surface area (TPSA) is 41.5 Å². The molecule has 0 fully saturated rings. The van der Waals surface area contributed by atoms with E-state index in [0.29, 0.717) is 11.8 Å². The Labute approximate surface area is 87.8 Å². The van der Waals surface area contributed by atoms with Crippen LogP contribution in [0.1, 0.15) is 27.2 Å². The molecule has 0 aromatic carbocycles. The summed E-state index contributed by atoms with van der Waals surface area (Å²) in [7, 11) is 0. The molecule has 2 N–H and O–H groups in total. The van der Waals surface area contributed by atoms with Crippen LogP contribution in [-0.4, -0.2) is 38.0 Å². The van der Waals surface area contributed by atoms with Crippen molar-refractivity contribution in [3.63, 3.8) is 0 Å². The molecular weight excluding hydrogens is 178 g/mol. The maximum absolute atomic E-state index is 8.69. The predicted molar refractivity (Wildman–Crippen MR) is 59.4 cm³/mol. The predicted octanol–water partition coefficient (Wildman–Crippen LogP) is 1.27. The van der Waals surface area contributed by atoms with Gasteiger partial charge in [-0.05, 0) is 24.8 Å². The van der Waals surface area contributed by atoms with Crippen LogP contribution in [0.2, 0.25) is 0 Å². The molecule has 14 heavy (non-hydrogen) atoms. The second-order valence-electron chi connectivity index (χ2n) is 4.29. The Morgan fingerprint density at radius 2 is 2.00 bits per heavy atom. The summed E-state index contributed by atoms with van der Waals surface area (Å²) in [6.45, 7) is 10.2. The van der Waals surface area contributed by atoms with Gasteiger partial charge >= 0.3 is 0 Å².